The molecular formula is C12H21N3O3. The average Bonchev–Trinajstić information content (AvgIpc) is 2.39. The molecule has 2 rings (SSSR count). The fourth-order valence-corrected chi connectivity index (χ4v) is 2.48. The van der Waals surface area contributed by atoms with E-state index in [1.54, 1.807) is 0 Å². The fraction of sp³-hybridized carbons (Fsp3) is 0.833. The average molecular weight is 255 g/mol. The maximum Gasteiger partial charge on any atom is 0.242 e. The Labute approximate surface area is 107 Å². The van der Waals surface area contributed by atoms with Gasteiger partial charge >= 0.3 is 0 Å². The molecule has 6 nitrogen and oxygen atoms in total. The third-order valence-electron chi connectivity index (χ3n) is 3.43. The van der Waals surface area contributed by atoms with Gasteiger partial charge in [-0.25, -0.2) is 0 Å². The molecule has 0 aliphatic carbocycles. The van der Waals surface area contributed by atoms with Gasteiger partial charge in [-0.15, -0.1) is 0 Å². The highest BCUT2D eigenvalue weighted by molar-refractivity contribution is 5.82. The van der Waals surface area contributed by atoms with E-state index in [0.29, 0.717) is 26.3 Å². The van der Waals surface area contributed by atoms with Crippen molar-refractivity contribution in [3.8, 4) is 0 Å². The first-order valence-corrected chi connectivity index (χ1v) is 6.54. The van der Waals surface area contributed by atoms with Crippen LogP contribution in [0.3, 0.4) is 0 Å². The summed E-state index contributed by atoms with van der Waals surface area (Å²) in [6.07, 6.45) is 1.66. The summed E-state index contributed by atoms with van der Waals surface area (Å²) < 4.78 is 5.30. The van der Waals surface area contributed by atoms with Crippen molar-refractivity contribution < 1.29 is 14.3 Å². The first-order valence-electron chi connectivity index (χ1n) is 6.54. The summed E-state index contributed by atoms with van der Waals surface area (Å²) in [7, 11) is 0. The van der Waals surface area contributed by atoms with E-state index in [1.807, 2.05) is 4.90 Å². The molecule has 2 saturated heterocycles. The third-order valence-corrected chi connectivity index (χ3v) is 3.43. The molecular weight excluding hydrogens is 234 g/mol. The van der Waals surface area contributed by atoms with E-state index in [1.165, 1.54) is 6.92 Å². The van der Waals surface area contributed by atoms with Gasteiger partial charge in [-0.1, -0.05) is 0 Å². The van der Waals surface area contributed by atoms with Crippen LogP contribution in [0.25, 0.3) is 0 Å². The number of rotatable bonds is 2. The normalized spacial score (nSPS) is 25.8. The maximum atomic E-state index is 12.2. The first-order chi connectivity index (χ1) is 8.66. The first kappa shape index (κ1) is 13.3. The van der Waals surface area contributed by atoms with Crippen LogP contribution < -0.4 is 10.6 Å². The van der Waals surface area contributed by atoms with Gasteiger partial charge in [0, 0.05) is 32.6 Å². The molecule has 1 unspecified atom stereocenters. The molecule has 0 saturated carbocycles. The van der Waals surface area contributed by atoms with Gasteiger partial charge in [-0.2, -0.15) is 0 Å². The SMILES string of the molecule is CC(=O)NC1CCN(C(=O)C2COCCN2)CC1. The van der Waals surface area contributed by atoms with Crippen molar-refractivity contribution in [1.29, 1.82) is 0 Å². The molecule has 0 aromatic heterocycles. The van der Waals surface area contributed by atoms with Gasteiger partial charge in [0.1, 0.15) is 6.04 Å². The molecule has 2 fully saturated rings. The summed E-state index contributed by atoms with van der Waals surface area (Å²) in [6.45, 7) is 4.82. The van der Waals surface area contributed by atoms with Gasteiger partial charge in [-0.05, 0) is 12.8 Å². The number of carbonyl (C=O) groups excluding carboxylic acids is 2. The number of hydrogen-bond acceptors (Lipinski definition) is 4. The molecule has 1 atom stereocenters. The summed E-state index contributed by atoms with van der Waals surface area (Å²) in [5.41, 5.74) is 0. The Balaban J connectivity index is 1.78. The van der Waals surface area contributed by atoms with Gasteiger partial charge in [0.05, 0.1) is 13.2 Å². The summed E-state index contributed by atoms with van der Waals surface area (Å²) in [4.78, 5) is 25.0. The zero-order chi connectivity index (χ0) is 13.0. The van der Waals surface area contributed by atoms with Gasteiger partial charge in [-0.3, -0.25) is 9.59 Å². The number of amides is 2. The number of nitrogens with one attached hydrogen (secondary N) is 2. The number of piperidine rings is 1. The molecule has 2 N–H and O–H groups in total. The Morgan fingerprint density at radius 2 is 2.06 bits per heavy atom. The lowest BCUT2D eigenvalue weighted by Crippen LogP contribution is -2.55. The Kier molecular flexibility index (Phi) is 4.54. The topological polar surface area (TPSA) is 70.7 Å². The molecule has 18 heavy (non-hydrogen) atoms. The molecule has 0 aromatic carbocycles. The van der Waals surface area contributed by atoms with E-state index >= 15 is 0 Å². The van der Waals surface area contributed by atoms with Crippen LogP contribution in [-0.2, 0) is 14.3 Å². The van der Waals surface area contributed by atoms with Crippen molar-refractivity contribution >= 4 is 11.8 Å². The second-order valence-electron chi connectivity index (χ2n) is 4.88. The number of morpholine rings is 1. The number of carbonyl (C=O) groups is 2. The predicted molar refractivity (Wildman–Crippen MR) is 66.0 cm³/mol. The predicted octanol–water partition coefficient (Wildman–Crippen LogP) is -0.898. The van der Waals surface area contributed by atoms with Crippen LogP contribution in [0.4, 0.5) is 0 Å². The van der Waals surface area contributed by atoms with Crippen molar-refractivity contribution in [2.45, 2.75) is 31.8 Å². The van der Waals surface area contributed by atoms with Crippen LogP contribution >= 0.6 is 0 Å². The van der Waals surface area contributed by atoms with Crippen LogP contribution in [0.2, 0.25) is 0 Å². The molecule has 0 radical (unpaired) electrons. The van der Waals surface area contributed by atoms with Crippen molar-refractivity contribution in [3.63, 3.8) is 0 Å². The Hall–Kier alpha value is -1.14. The molecule has 102 valence electrons. The third kappa shape index (κ3) is 3.43. The monoisotopic (exact) mass is 255 g/mol. The number of ether oxygens (including phenoxy) is 1. The molecule has 2 amide bonds. The minimum Gasteiger partial charge on any atom is -0.378 e. The minimum absolute atomic E-state index is 0.00197. The maximum absolute atomic E-state index is 12.2. The highest BCUT2D eigenvalue weighted by atomic mass is 16.5. The van der Waals surface area contributed by atoms with Crippen LogP contribution in [-0.4, -0.2) is 61.6 Å². The zero-order valence-electron chi connectivity index (χ0n) is 10.8. The molecule has 0 spiro atoms. The lowest BCUT2D eigenvalue weighted by molar-refractivity contribution is -0.137. The van der Waals surface area contributed by atoms with E-state index in [0.717, 1.165) is 19.4 Å². The van der Waals surface area contributed by atoms with E-state index in [9.17, 15) is 9.59 Å². The molecule has 6 heteroatoms. The minimum atomic E-state index is -0.198. The van der Waals surface area contributed by atoms with Crippen LogP contribution in [0.15, 0.2) is 0 Å². The molecule has 0 bridgehead atoms. The van der Waals surface area contributed by atoms with Gasteiger partial charge < -0.3 is 20.3 Å². The van der Waals surface area contributed by atoms with E-state index < -0.39 is 0 Å². The van der Waals surface area contributed by atoms with Crippen LogP contribution in [0.1, 0.15) is 19.8 Å². The van der Waals surface area contributed by atoms with Crippen molar-refractivity contribution in [2.75, 3.05) is 32.8 Å². The lowest BCUT2D eigenvalue weighted by Gasteiger charge is -2.35. The van der Waals surface area contributed by atoms with Gasteiger partial charge in [0.15, 0.2) is 0 Å². The largest absolute Gasteiger partial charge is 0.378 e. The highest BCUT2D eigenvalue weighted by Crippen LogP contribution is 2.12. The van der Waals surface area contributed by atoms with Gasteiger partial charge in [0.2, 0.25) is 11.8 Å². The Morgan fingerprint density at radius 3 is 2.61 bits per heavy atom. The summed E-state index contributed by atoms with van der Waals surface area (Å²) >= 11 is 0. The Morgan fingerprint density at radius 1 is 1.33 bits per heavy atom. The van der Waals surface area contributed by atoms with E-state index in [-0.39, 0.29) is 23.9 Å². The van der Waals surface area contributed by atoms with Gasteiger partial charge in [0.25, 0.3) is 0 Å². The van der Waals surface area contributed by atoms with Crippen LogP contribution in [0.5, 0.6) is 0 Å². The Bertz CT molecular complexity index is 308. The summed E-state index contributed by atoms with van der Waals surface area (Å²) in [5.74, 6) is 0.123. The second-order valence-corrected chi connectivity index (χ2v) is 4.88. The van der Waals surface area contributed by atoms with E-state index in [4.69, 9.17) is 4.74 Å². The van der Waals surface area contributed by atoms with Crippen LogP contribution in [0, 0.1) is 0 Å². The highest BCUT2D eigenvalue weighted by Gasteiger charge is 2.29. The second kappa shape index (κ2) is 6.15. The van der Waals surface area contributed by atoms with Crippen molar-refractivity contribution in [1.82, 2.24) is 15.5 Å². The number of hydrogen-bond donors (Lipinski definition) is 2. The summed E-state index contributed by atoms with van der Waals surface area (Å²) in [5, 5.41) is 6.08. The summed E-state index contributed by atoms with van der Waals surface area (Å²) in [6, 6.07) is 0.0122. The standard InChI is InChI=1S/C12H21N3O3/c1-9(16)14-10-2-5-15(6-3-10)12(17)11-8-18-7-4-13-11/h10-11,13H,2-8H2,1H3,(H,14,16). The van der Waals surface area contributed by atoms with Crippen molar-refractivity contribution in [3.05, 3.63) is 0 Å². The lowest BCUT2D eigenvalue weighted by atomic mass is 10.0. The molecule has 2 aliphatic rings. The number of nitrogens with zero attached hydrogens (tertiary/aromatic N) is 1. The smallest absolute Gasteiger partial charge is 0.242 e. The molecule has 0 aromatic rings. The fourth-order valence-electron chi connectivity index (χ4n) is 2.48. The molecule has 2 heterocycles. The number of likely N-dealkylation sites (tertiary alicyclic amines) is 1. The quantitative estimate of drug-likeness (QED) is 0.671. The molecule has 2 aliphatic heterocycles. The van der Waals surface area contributed by atoms with Crippen molar-refractivity contribution in [2.24, 2.45) is 0 Å². The zero-order valence-corrected chi connectivity index (χ0v) is 10.8. The van der Waals surface area contributed by atoms with E-state index in [2.05, 4.69) is 10.6 Å².